The molecule has 64 heavy (non-hydrogen) atoms. The molecule has 3 saturated heterocycles. The van der Waals surface area contributed by atoms with Crippen LogP contribution in [0.4, 0.5) is 22.9 Å². The number of nitrogens with one attached hydrogen (secondary N) is 3. The number of benzene rings is 3. The van der Waals surface area contributed by atoms with Crippen LogP contribution in [0.2, 0.25) is 10.0 Å². The minimum Gasteiger partial charge on any atom is -0.371 e. The molecule has 0 unspecified atom stereocenters. The third-order valence-electron chi connectivity index (χ3n) is 13.5. The zero-order valence-electron chi connectivity index (χ0n) is 35.0. The first-order valence-electron chi connectivity index (χ1n) is 22.0. The van der Waals surface area contributed by atoms with Crippen LogP contribution in [-0.2, 0) is 9.59 Å². The van der Waals surface area contributed by atoms with Crippen molar-refractivity contribution in [3.8, 4) is 0 Å². The first kappa shape index (κ1) is 41.9. The number of piperidine rings is 2. The van der Waals surface area contributed by atoms with Crippen LogP contribution in [0, 0.1) is 5.92 Å². The Hall–Kier alpha value is -6.10. The van der Waals surface area contributed by atoms with E-state index in [1.807, 2.05) is 10.6 Å². The van der Waals surface area contributed by atoms with Gasteiger partial charge in [0.1, 0.15) is 12.4 Å². The summed E-state index contributed by atoms with van der Waals surface area (Å²) >= 11 is 12.5. The molecule has 3 N–H and O–H groups in total. The standard InChI is InChI=1S/C46H47Cl2N11O5/c47-35-2-1-3-36(48)39(35)44(62)53-29-22-32(23-29)58-26-51-40-41(49-25-50-42(40)58)52-28-4-6-30(7-5-28)57-20-18-55(19-21-57)15-12-27-13-16-56(17-14-27)31-8-9-33-34(24-31)46(64)59(45(33)63)37-10-11-38(60)54-43(37)61/h1-9,24-27,29,32,37H,10-23H2,(H,53,62)(H,49,50,52)(H,54,60,61)/t29?,32?,37-/m0/s1. The van der Waals surface area contributed by atoms with E-state index in [0.717, 1.165) is 99.8 Å². The van der Waals surface area contributed by atoms with Gasteiger partial charge in [-0.2, -0.15) is 0 Å². The van der Waals surface area contributed by atoms with E-state index >= 15 is 0 Å². The molecule has 4 aliphatic heterocycles. The lowest BCUT2D eigenvalue weighted by molar-refractivity contribution is -0.136. The zero-order chi connectivity index (χ0) is 44.1. The van der Waals surface area contributed by atoms with E-state index in [9.17, 15) is 24.0 Å². The molecule has 0 bridgehead atoms. The minimum absolute atomic E-state index is 0.0143. The molecule has 5 aromatic rings. The quantitative estimate of drug-likeness (QED) is 0.135. The van der Waals surface area contributed by atoms with E-state index in [2.05, 4.69) is 69.9 Å². The van der Waals surface area contributed by atoms with Crippen LogP contribution in [0.15, 0.2) is 73.3 Å². The second-order valence-corrected chi connectivity index (χ2v) is 18.1. The molecule has 0 radical (unpaired) electrons. The number of carbonyl (C=O) groups excluding carboxylic acids is 5. The average Bonchev–Trinajstić information content (AvgIpc) is 3.82. The molecule has 6 heterocycles. The van der Waals surface area contributed by atoms with Gasteiger partial charge in [-0.25, -0.2) is 15.0 Å². The van der Waals surface area contributed by atoms with Gasteiger partial charge in [-0.15, -0.1) is 0 Å². The van der Waals surface area contributed by atoms with Crippen molar-refractivity contribution in [3.05, 3.63) is 100 Å². The lowest BCUT2D eigenvalue weighted by Gasteiger charge is -2.38. The molecular weight excluding hydrogens is 857 g/mol. The lowest BCUT2D eigenvalue weighted by atomic mass is 9.86. The van der Waals surface area contributed by atoms with E-state index in [4.69, 9.17) is 23.2 Å². The molecule has 2 aromatic heterocycles. The highest BCUT2D eigenvalue weighted by Crippen LogP contribution is 2.37. The first-order chi connectivity index (χ1) is 31.1. The molecule has 18 heteroatoms. The van der Waals surface area contributed by atoms with Gasteiger partial charge in [0, 0.05) is 74.8 Å². The summed E-state index contributed by atoms with van der Waals surface area (Å²) in [6, 6.07) is 18.0. The summed E-state index contributed by atoms with van der Waals surface area (Å²) < 4.78 is 2.05. The third-order valence-corrected chi connectivity index (χ3v) is 14.1. The molecule has 0 spiro atoms. The first-order valence-corrected chi connectivity index (χ1v) is 22.7. The third kappa shape index (κ3) is 8.14. The van der Waals surface area contributed by atoms with E-state index in [1.165, 1.54) is 5.69 Å². The summed E-state index contributed by atoms with van der Waals surface area (Å²) in [6.45, 7) is 6.72. The molecule has 1 atom stereocenters. The van der Waals surface area contributed by atoms with Gasteiger partial charge in [-0.05, 0) is 106 Å². The predicted molar refractivity (Wildman–Crippen MR) is 242 cm³/mol. The highest BCUT2D eigenvalue weighted by atomic mass is 35.5. The van der Waals surface area contributed by atoms with Crippen LogP contribution in [0.5, 0.6) is 0 Å². The van der Waals surface area contributed by atoms with Crippen LogP contribution < -0.4 is 25.8 Å². The Morgan fingerprint density at radius 3 is 2.22 bits per heavy atom. The number of anilines is 4. The number of hydrogen-bond acceptors (Lipinski definition) is 12. The maximum atomic E-state index is 13.3. The number of hydrogen-bond donors (Lipinski definition) is 3. The summed E-state index contributed by atoms with van der Waals surface area (Å²) in [4.78, 5) is 85.5. The van der Waals surface area contributed by atoms with Gasteiger partial charge in [0.25, 0.3) is 17.7 Å². The fourth-order valence-corrected chi connectivity index (χ4v) is 10.3. The maximum absolute atomic E-state index is 13.3. The Bertz CT molecular complexity index is 2630. The van der Waals surface area contributed by atoms with Crippen molar-refractivity contribution in [1.82, 2.24) is 40.0 Å². The summed E-state index contributed by atoms with van der Waals surface area (Å²) in [5.74, 6) is -0.975. The molecular formula is C46H47Cl2N11O5. The van der Waals surface area contributed by atoms with Gasteiger partial charge < -0.3 is 25.0 Å². The molecule has 5 amide bonds. The second-order valence-electron chi connectivity index (χ2n) is 17.3. The van der Waals surface area contributed by atoms with Crippen molar-refractivity contribution in [2.24, 2.45) is 5.92 Å². The van der Waals surface area contributed by atoms with Gasteiger partial charge in [0.2, 0.25) is 11.8 Å². The number of halogens is 2. The van der Waals surface area contributed by atoms with Gasteiger partial charge in [-0.3, -0.25) is 39.1 Å². The SMILES string of the molecule is O=C1CC[C@H](N2C(=O)c3ccc(N4CCC(CCN5CCN(c6ccc(Nc7ncnc8c7ncn8C7CC(NC(=O)c8c(Cl)cccc8Cl)C7)cc6)CC5)CC4)cc3C2=O)C(=O)N1. The molecule has 1 aliphatic carbocycles. The summed E-state index contributed by atoms with van der Waals surface area (Å²) in [6.07, 6.45) is 8.28. The number of rotatable bonds is 11. The Kier molecular flexibility index (Phi) is 11.4. The van der Waals surface area contributed by atoms with Crippen molar-refractivity contribution in [1.29, 1.82) is 0 Å². The van der Waals surface area contributed by atoms with E-state index in [0.29, 0.717) is 44.0 Å². The summed E-state index contributed by atoms with van der Waals surface area (Å²) in [5, 5.41) is 9.39. The van der Waals surface area contributed by atoms with Crippen molar-refractivity contribution >= 4 is 86.8 Å². The van der Waals surface area contributed by atoms with Crippen LogP contribution in [-0.4, -0.2) is 117 Å². The number of aromatic nitrogens is 4. The van der Waals surface area contributed by atoms with Crippen molar-refractivity contribution in [2.45, 2.75) is 63.1 Å². The normalized spacial score (nSPS) is 21.8. The minimum atomic E-state index is -0.966. The number of amides is 5. The van der Waals surface area contributed by atoms with Crippen molar-refractivity contribution in [2.75, 3.05) is 60.9 Å². The number of carbonyl (C=O) groups is 5. The van der Waals surface area contributed by atoms with Gasteiger partial charge in [0.05, 0.1) is 33.1 Å². The summed E-state index contributed by atoms with van der Waals surface area (Å²) in [5.41, 5.74) is 5.33. The fourth-order valence-electron chi connectivity index (χ4n) is 9.74. The van der Waals surface area contributed by atoms with E-state index in [-0.39, 0.29) is 36.7 Å². The molecule has 330 valence electrons. The number of fused-ring (bicyclic) bond motifs is 2. The average molecular weight is 905 g/mol. The number of imide groups is 2. The fraction of sp³-hybridized carbons (Fsp3) is 0.391. The Labute approximate surface area is 379 Å². The highest BCUT2D eigenvalue weighted by molar-refractivity contribution is 6.39. The maximum Gasteiger partial charge on any atom is 0.262 e. The zero-order valence-corrected chi connectivity index (χ0v) is 36.5. The van der Waals surface area contributed by atoms with Crippen LogP contribution in [0.25, 0.3) is 11.2 Å². The lowest BCUT2D eigenvalue weighted by Crippen LogP contribution is -2.54. The molecule has 10 rings (SSSR count). The van der Waals surface area contributed by atoms with Crippen LogP contribution >= 0.6 is 23.2 Å². The van der Waals surface area contributed by atoms with E-state index in [1.54, 1.807) is 43.0 Å². The second kappa shape index (κ2) is 17.5. The van der Waals surface area contributed by atoms with E-state index < -0.39 is 23.8 Å². The predicted octanol–water partition coefficient (Wildman–Crippen LogP) is 5.84. The van der Waals surface area contributed by atoms with Gasteiger partial charge in [0.15, 0.2) is 17.0 Å². The van der Waals surface area contributed by atoms with Crippen LogP contribution in [0.1, 0.15) is 82.1 Å². The van der Waals surface area contributed by atoms with Crippen molar-refractivity contribution < 1.29 is 24.0 Å². The Morgan fingerprint density at radius 2 is 1.48 bits per heavy atom. The smallest absolute Gasteiger partial charge is 0.262 e. The summed E-state index contributed by atoms with van der Waals surface area (Å²) in [7, 11) is 0. The Balaban J connectivity index is 0.665. The largest absolute Gasteiger partial charge is 0.371 e. The molecule has 5 aliphatic rings. The monoisotopic (exact) mass is 903 g/mol. The molecule has 3 aromatic carbocycles. The number of imidazole rings is 1. The molecule has 16 nitrogen and oxygen atoms in total. The Morgan fingerprint density at radius 1 is 0.781 bits per heavy atom. The van der Waals surface area contributed by atoms with Gasteiger partial charge in [-0.1, -0.05) is 29.3 Å². The topological polar surface area (TPSA) is 178 Å². The molecule has 4 fully saturated rings. The highest BCUT2D eigenvalue weighted by Gasteiger charge is 2.45. The van der Waals surface area contributed by atoms with Crippen molar-refractivity contribution in [3.63, 3.8) is 0 Å². The van der Waals surface area contributed by atoms with Crippen LogP contribution in [0.3, 0.4) is 0 Å². The van der Waals surface area contributed by atoms with Gasteiger partial charge >= 0.3 is 0 Å². The molecule has 1 saturated carbocycles. The number of nitrogens with zero attached hydrogens (tertiary/aromatic N) is 8. The number of piperazine rings is 1.